The third-order valence-corrected chi connectivity index (χ3v) is 5.13. The zero-order valence-corrected chi connectivity index (χ0v) is 14.6. The summed E-state index contributed by atoms with van der Waals surface area (Å²) in [4.78, 5) is 35.3. The number of anilines is 1. The molecule has 0 aromatic heterocycles. The molecule has 0 unspecified atom stereocenters. The maximum atomic E-state index is 12.1. The van der Waals surface area contributed by atoms with Crippen LogP contribution < -0.4 is 10.6 Å². The predicted octanol–water partition coefficient (Wildman–Crippen LogP) is 3.27. The van der Waals surface area contributed by atoms with Crippen LogP contribution in [0, 0.1) is 0 Å². The van der Waals surface area contributed by atoms with Gasteiger partial charge in [0.1, 0.15) is 4.75 Å². The van der Waals surface area contributed by atoms with E-state index in [0.717, 1.165) is 23.0 Å². The number of hydrogen-bond acceptors (Lipinski definition) is 5. The maximum Gasteiger partial charge on any atom is 0.286 e. The monoisotopic (exact) mass is 354 g/mol. The minimum absolute atomic E-state index is 0.0229. The number of hydrogen-bond donors (Lipinski definition) is 2. The van der Waals surface area contributed by atoms with Crippen molar-refractivity contribution in [3.05, 3.63) is 65.7 Å². The first-order valence-corrected chi connectivity index (χ1v) is 8.73. The molecule has 2 N–H and O–H groups in total. The Hall–Kier alpha value is -2.60. The zero-order valence-electron chi connectivity index (χ0n) is 13.7. The third kappa shape index (κ3) is 4.09. The fourth-order valence-electron chi connectivity index (χ4n) is 2.66. The lowest BCUT2D eigenvalue weighted by molar-refractivity contribution is -0.121. The SMILES string of the molecule is C[C@]1(Cc2ccc(NCC(=O)c3ccccc3)cc2)SC(=O)NC1=O. The van der Waals surface area contributed by atoms with Gasteiger partial charge in [-0.25, -0.2) is 0 Å². The number of amides is 2. The topological polar surface area (TPSA) is 75.3 Å². The van der Waals surface area contributed by atoms with Gasteiger partial charge in [0.05, 0.1) is 6.54 Å². The molecule has 2 amide bonds. The van der Waals surface area contributed by atoms with Crippen LogP contribution in [0.25, 0.3) is 0 Å². The third-order valence-electron chi connectivity index (χ3n) is 4.06. The molecule has 0 saturated carbocycles. The number of Topliss-reactive ketones (excluding diaryl/α,β-unsaturated/α-hetero) is 1. The van der Waals surface area contributed by atoms with Gasteiger partial charge in [0, 0.05) is 11.3 Å². The summed E-state index contributed by atoms with van der Waals surface area (Å²) in [7, 11) is 0. The van der Waals surface area contributed by atoms with Crippen molar-refractivity contribution in [2.75, 3.05) is 11.9 Å². The molecule has 6 heteroatoms. The lowest BCUT2D eigenvalue weighted by Gasteiger charge is -2.18. The molecule has 3 rings (SSSR count). The Morgan fingerprint density at radius 2 is 1.76 bits per heavy atom. The Morgan fingerprint density at radius 1 is 1.08 bits per heavy atom. The van der Waals surface area contributed by atoms with Crippen LogP contribution in [0.4, 0.5) is 10.5 Å². The van der Waals surface area contributed by atoms with E-state index in [1.807, 2.05) is 42.5 Å². The number of carbonyl (C=O) groups excluding carboxylic acids is 3. The number of carbonyl (C=O) groups is 3. The van der Waals surface area contributed by atoms with Crippen molar-refractivity contribution < 1.29 is 14.4 Å². The molecule has 1 saturated heterocycles. The van der Waals surface area contributed by atoms with Gasteiger partial charge in [0.2, 0.25) is 5.91 Å². The van der Waals surface area contributed by atoms with E-state index in [4.69, 9.17) is 0 Å². The summed E-state index contributed by atoms with van der Waals surface area (Å²) in [5.74, 6) is -0.229. The molecule has 0 bridgehead atoms. The van der Waals surface area contributed by atoms with E-state index in [9.17, 15) is 14.4 Å². The van der Waals surface area contributed by atoms with Gasteiger partial charge in [-0.1, -0.05) is 42.5 Å². The van der Waals surface area contributed by atoms with Crippen molar-refractivity contribution in [2.24, 2.45) is 0 Å². The van der Waals surface area contributed by atoms with E-state index in [1.165, 1.54) is 0 Å². The smallest absolute Gasteiger partial charge is 0.286 e. The van der Waals surface area contributed by atoms with E-state index in [2.05, 4.69) is 10.6 Å². The first-order chi connectivity index (χ1) is 12.0. The first-order valence-electron chi connectivity index (χ1n) is 7.92. The molecule has 25 heavy (non-hydrogen) atoms. The molecule has 1 aliphatic heterocycles. The van der Waals surface area contributed by atoms with E-state index in [0.29, 0.717) is 12.0 Å². The molecular formula is C19H18N2O3S. The summed E-state index contributed by atoms with van der Waals surface area (Å²) < 4.78 is -0.769. The van der Waals surface area contributed by atoms with E-state index >= 15 is 0 Å². The fourth-order valence-corrected chi connectivity index (χ4v) is 3.59. The van der Waals surface area contributed by atoms with Crippen molar-refractivity contribution in [3.63, 3.8) is 0 Å². The fraction of sp³-hybridized carbons (Fsp3) is 0.211. The molecule has 0 spiro atoms. The zero-order chi connectivity index (χ0) is 17.9. The molecule has 0 aliphatic carbocycles. The highest BCUT2D eigenvalue weighted by Crippen LogP contribution is 2.34. The molecule has 5 nitrogen and oxygen atoms in total. The van der Waals surface area contributed by atoms with Gasteiger partial charge < -0.3 is 5.32 Å². The average Bonchev–Trinajstić information content (AvgIpc) is 2.86. The Morgan fingerprint density at radius 3 is 2.36 bits per heavy atom. The van der Waals surface area contributed by atoms with Crippen LogP contribution >= 0.6 is 11.8 Å². The highest BCUT2D eigenvalue weighted by molar-refractivity contribution is 8.16. The summed E-state index contributed by atoms with van der Waals surface area (Å²) in [6, 6.07) is 16.7. The van der Waals surface area contributed by atoms with Gasteiger partial charge in [-0.05, 0) is 42.8 Å². The number of ketones is 1. The average molecular weight is 354 g/mol. The van der Waals surface area contributed by atoms with Crippen LogP contribution in [0.3, 0.4) is 0 Å². The summed E-state index contributed by atoms with van der Waals surface area (Å²) in [5.41, 5.74) is 2.46. The number of benzene rings is 2. The summed E-state index contributed by atoms with van der Waals surface area (Å²) in [5, 5.41) is 5.12. The molecule has 2 aromatic carbocycles. The second-order valence-electron chi connectivity index (χ2n) is 6.09. The second kappa shape index (κ2) is 7.11. The van der Waals surface area contributed by atoms with E-state index in [1.54, 1.807) is 19.1 Å². The normalized spacial score (nSPS) is 19.6. The largest absolute Gasteiger partial charge is 0.378 e. The summed E-state index contributed by atoms with van der Waals surface area (Å²) in [6.07, 6.45) is 0.471. The van der Waals surface area contributed by atoms with Crippen molar-refractivity contribution in [1.29, 1.82) is 0 Å². The van der Waals surface area contributed by atoms with Crippen molar-refractivity contribution in [3.8, 4) is 0 Å². The number of imide groups is 1. The number of nitrogens with one attached hydrogen (secondary N) is 2. The summed E-state index contributed by atoms with van der Waals surface area (Å²) in [6.45, 7) is 1.98. The quantitative estimate of drug-likeness (QED) is 0.779. The Bertz CT molecular complexity index is 805. The molecule has 2 aromatic rings. The standard InChI is InChI=1S/C19H18N2O3S/c1-19(17(23)21-18(24)25-19)11-13-7-9-15(10-8-13)20-12-16(22)14-5-3-2-4-6-14/h2-10,20H,11-12H2,1H3,(H,21,23,24)/t19-/m1/s1. The van der Waals surface area contributed by atoms with Crippen molar-refractivity contribution in [1.82, 2.24) is 5.32 Å². The van der Waals surface area contributed by atoms with Crippen molar-refractivity contribution >= 4 is 34.4 Å². The molecule has 1 aliphatic rings. The second-order valence-corrected chi connectivity index (χ2v) is 7.57. The van der Waals surface area contributed by atoms with Gasteiger partial charge in [-0.2, -0.15) is 0 Å². The van der Waals surface area contributed by atoms with Crippen LogP contribution in [0.5, 0.6) is 0 Å². The molecular weight excluding hydrogens is 336 g/mol. The highest BCUT2D eigenvalue weighted by Gasteiger charge is 2.43. The highest BCUT2D eigenvalue weighted by atomic mass is 32.2. The molecule has 1 heterocycles. The summed E-state index contributed by atoms with van der Waals surface area (Å²) >= 11 is 1.03. The lowest BCUT2D eigenvalue weighted by atomic mass is 9.99. The van der Waals surface area contributed by atoms with Crippen LogP contribution in [-0.4, -0.2) is 28.2 Å². The van der Waals surface area contributed by atoms with E-state index in [-0.39, 0.29) is 23.5 Å². The minimum Gasteiger partial charge on any atom is -0.378 e. The van der Waals surface area contributed by atoms with Crippen LogP contribution in [0.2, 0.25) is 0 Å². The molecule has 0 radical (unpaired) electrons. The Labute approximate surface area is 150 Å². The minimum atomic E-state index is -0.769. The molecule has 1 fully saturated rings. The van der Waals surface area contributed by atoms with Gasteiger partial charge in [0.15, 0.2) is 5.78 Å². The van der Waals surface area contributed by atoms with Gasteiger partial charge in [-0.3, -0.25) is 19.7 Å². The molecule has 128 valence electrons. The molecule has 1 atom stereocenters. The van der Waals surface area contributed by atoms with Crippen LogP contribution in [-0.2, 0) is 11.2 Å². The first kappa shape index (κ1) is 17.2. The Kier molecular flexibility index (Phi) is 4.90. The van der Waals surface area contributed by atoms with Crippen molar-refractivity contribution in [2.45, 2.75) is 18.1 Å². The number of rotatable bonds is 6. The van der Waals surface area contributed by atoms with E-state index < -0.39 is 4.75 Å². The Balaban J connectivity index is 1.58. The van der Waals surface area contributed by atoms with Crippen LogP contribution in [0.15, 0.2) is 54.6 Å². The number of thioether (sulfide) groups is 1. The van der Waals surface area contributed by atoms with Gasteiger partial charge in [0.25, 0.3) is 5.24 Å². The maximum absolute atomic E-state index is 12.1. The van der Waals surface area contributed by atoms with Gasteiger partial charge >= 0.3 is 0 Å². The lowest BCUT2D eigenvalue weighted by Crippen LogP contribution is -2.35. The predicted molar refractivity (Wildman–Crippen MR) is 98.9 cm³/mol. The van der Waals surface area contributed by atoms with Crippen LogP contribution in [0.1, 0.15) is 22.8 Å². The van der Waals surface area contributed by atoms with Gasteiger partial charge in [-0.15, -0.1) is 0 Å².